The van der Waals surface area contributed by atoms with Gasteiger partial charge < -0.3 is 15.4 Å². The number of carbonyl (C=O) groups excluding carboxylic acids is 1. The Bertz CT molecular complexity index is 1440. The molecule has 1 fully saturated rings. The molecule has 1 amide bonds. The lowest BCUT2D eigenvalue weighted by molar-refractivity contribution is 0.0966. The standard InChI is InChI=1S/C28H28FN5O2/c29-27-22(2-1-5-30-27)19-13-21-16-31-28(36)26(21)23(14-19)25-15-20-12-18(3-4-24(20)32-25)17-34-8-6-33(7-9-34)10-11-35/h1-5,12-15,32,35H,6-11,16-17H2,(H,31,36). The molecule has 8 heteroatoms. The minimum atomic E-state index is -0.529. The zero-order chi connectivity index (χ0) is 24.6. The first-order chi connectivity index (χ1) is 17.6. The van der Waals surface area contributed by atoms with Gasteiger partial charge in [0.25, 0.3) is 5.91 Å². The molecule has 184 valence electrons. The molecule has 0 aliphatic carbocycles. The summed E-state index contributed by atoms with van der Waals surface area (Å²) in [6, 6.07) is 15.7. The lowest BCUT2D eigenvalue weighted by atomic mass is 9.94. The monoisotopic (exact) mass is 485 g/mol. The van der Waals surface area contributed by atoms with Gasteiger partial charge in [0, 0.05) is 79.7 Å². The second-order valence-electron chi connectivity index (χ2n) is 9.53. The Hall–Kier alpha value is -3.59. The number of aliphatic hydroxyl groups excluding tert-OH is 1. The second kappa shape index (κ2) is 9.46. The smallest absolute Gasteiger partial charge is 0.252 e. The van der Waals surface area contributed by atoms with E-state index in [1.165, 1.54) is 11.8 Å². The van der Waals surface area contributed by atoms with E-state index in [1.54, 1.807) is 12.1 Å². The number of rotatable bonds is 6. The fourth-order valence-corrected chi connectivity index (χ4v) is 5.34. The van der Waals surface area contributed by atoms with Gasteiger partial charge in [-0.1, -0.05) is 6.07 Å². The van der Waals surface area contributed by atoms with E-state index in [-0.39, 0.29) is 12.5 Å². The number of H-pyrrole nitrogens is 1. The van der Waals surface area contributed by atoms with Gasteiger partial charge in [-0.2, -0.15) is 4.39 Å². The Balaban J connectivity index is 1.32. The number of nitrogens with zero attached hydrogens (tertiary/aromatic N) is 3. The largest absolute Gasteiger partial charge is 0.395 e. The Morgan fingerprint density at radius 1 is 1.00 bits per heavy atom. The van der Waals surface area contributed by atoms with E-state index in [0.29, 0.717) is 23.2 Å². The third-order valence-electron chi connectivity index (χ3n) is 7.22. The Kier molecular flexibility index (Phi) is 6.00. The molecule has 0 saturated carbocycles. The van der Waals surface area contributed by atoms with Crippen molar-refractivity contribution in [2.24, 2.45) is 0 Å². The number of aromatic nitrogens is 2. The number of nitrogens with one attached hydrogen (secondary N) is 2. The van der Waals surface area contributed by atoms with E-state index in [1.807, 2.05) is 12.1 Å². The molecule has 4 heterocycles. The lowest BCUT2D eigenvalue weighted by Gasteiger charge is -2.34. The Morgan fingerprint density at radius 3 is 2.64 bits per heavy atom. The summed E-state index contributed by atoms with van der Waals surface area (Å²) in [5.41, 5.74) is 6.43. The number of β-amino-alcohol motifs (C(OH)–C–C–N with tert-alkyl or cyclic N) is 1. The second-order valence-corrected chi connectivity index (χ2v) is 9.53. The number of hydrogen-bond acceptors (Lipinski definition) is 5. The minimum absolute atomic E-state index is 0.113. The molecule has 0 spiro atoms. The van der Waals surface area contributed by atoms with Crippen LogP contribution in [-0.4, -0.2) is 70.1 Å². The maximum Gasteiger partial charge on any atom is 0.252 e. The summed E-state index contributed by atoms with van der Waals surface area (Å²) < 4.78 is 14.5. The van der Waals surface area contributed by atoms with Crippen LogP contribution >= 0.6 is 0 Å². The van der Waals surface area contributed by atoms with Crippen LogP contribution in [0.5, 0.6) is 0 Å². The van der Waals surface area contributed by atoms with Crippen molar-refractivity contribution in [2.45, 2.75) is 13.1 Å². The van der Waals surface area contributed by atoms with Crippen LogP contribution in [0.25, 0.3) is 33.3 Å². The highest BCUT2D eigenvalue weighted by atomic mass is 19.1. The first-order valence-corrected chi connectivity index (χ1v) is 12.3. The highest BCUT2D eigenvalue weighted by molar-refractivity contribution is 6.06. The SMILES string of the molecule is O=C1NCc2cc(-c3cccnc3F)cc(-c3cc4cc(CN5CCN(CCO)CC5)ccc4[nH]3)c21. The average molecular weight is 486 g/mol. The molecule has 2 aliphatic heterocycles. The van der Waals surface area contributed by atoms with Gasteiger partial charge in [0.2, 0.25) is 5.95 Å². The summed E-state index contributed by atoms with van der Waals surface area (Å²) in [5, 5.41) is 13.1. The van der Waals surface area contributed by atoms with Crippen molar-refractivity contribution >= 4 is 16.8 Å². The number of fused-ring (bicyclic) bond motifs is 2. The number of amides is 1. The first kappa shape index (κ1) is 22.8. The molecule has 2 aromatic carbocycles. The summed E-state index contributed by atoms with van der Waals surface area (Å²) >= 11 is 0. The molecule has 6 rings (SSSR count). The number of aliphatic hydroxyl groups is 1. The number of hydrogen-bond donors (Lipinski definition) is 3. The fraction of sp³-hybridized carbons (Fsp3) is 0.286. The van der Waals surface area contributed by atoms with Crippen LogP contribution in [0, 0.1) is 5.95 Å². The Morgan fingerprint density at radius 2 is 1.83 bits per heavy atom. The molecule has 1 saturated heterocycles. The number of aromatic amines is 1. The van der Waals surface area contributed by atoms with Crippen molar-refractivity contribution in [3.05, 3.63) is 77.4 Å². The normalized spacial score (nSPS) is 16.4. The van der Waals surface area contributed by atoms with Gasteiger partial charge >= 0.3 is 0 Å². The summed E-state index contributed by atoms with van der Waals surface area (Å²) in [7, 11) is 0. The Labute approximate surface area is 208 Å². The molecule has 3 N–H and O–H groups in total. The third-order valence-corrected chi connectivity index (χ3v) is 7.22. The van der Waals surface area contributed by atoms with Crippen LogP contribution < -0.4 is 5.32 Å². The molecule has 0 bridgehead atoms. The third kappa shape index (κ3) is 4.28. The molecular weight excluding hydrogens is 457 g/mol. The topological polar surface area (TPSA) is 84.5 Å². The summed E-state index contributed by atoms with van der Waals surface area (Å²) in [6.45, 7) is 6.14. The predicted molar refractivity (Wildman–Crippen MR) is 137 cm³/mol. The maximum absolute atomic E-state index is 14.5. The molecule has 36 heavy (non-hydrogen) atoms. The molecule has 2 aromatic heterocycles. The maximum atomic E-state index is 14.5. The van der Waals surface area contributed by atoms with Crippen LogP contribution in [-0.2, 0) is 13.1 Å². The van der Waals surface area contributed by atoms with Gasteiger partial charge in [-0.05, 0) is 59.2 Å². The highest BCUT2D eigenvalue weighted by Crippen LogP contribution is 2.36. The highest BCUT2D eigenvalue weighted by Gasteiger charge is 2.26. The lowest BCUT2D eigenvalue weighted by Crippen LogP contribution is -2.46. The molecule has 4 aromatic rings. The molecule has 0 radical (unpaired) electrons. The van der Waals surface area contributed by atoms with E-state index >= 15 is 0 Å². The van der Waals surface area contributed by atoms with Crippen LogP contribution in [0.4, 0.5) is 4.39 Å². The van der Waals surface area contributed by atoms with Crippen LogP contribution in [0.2, 0.25) is 0 Å². The number of carbonyl (C=O) groups is 1. The van der Waals surface area contributed by atoms with Crippen molar-refractivity contribution in [3.63, 3.8) is 0 Å². The fourth-order valence-electron chi connectivity index (χ4n) is 5.34. The summed E-state index contributed by atoms with van der Waals surface area (Å²) in [6.07, 6.45) is 1.43. The van der Waals surface area contributed by atoms with Crippen molar-refractivity contribution < 1.29 is 14.3 Å². The van der Waals surface area contributed by atoms with Crippen LogP contribution in [0.3, 0.4) is 0 Å². The molecular formula is C28H28FN5O2. The zero-order valence-electron chi connectivity index (χ0n) is 19.9. The molecule has 7 nitrogen and oxygen atoms in total. The van der Waals surface area contributed by atoms with Crippen molar-refractivity contribution in [1.29, 1.82) is 0 Å². The van der Waals surface area contributed by atoms with Gasteiger partial charge in [0.1, 0.15) is 0 Å². The van der Waals surface area contributed by atoms with Crippen molar-refractivity contribution in [3.8, 4) is 22.4 Å². The van der Waals surface area contributed by atoms with Gasteiger partial charge in [-0.3, -0.25) is 14.6 Å². The van der Waals surface area contributed by atoms with E-state index in [0.717, 1.165) is 67.0 Å². The predicted octanol–water partition coefficient (Wildman–Crippen LogP) is 3.39. The number of benzene rings is 2. The van der Waals surface area contributed by atoms with Crippen LogP contribution in [0.15, 0.2) is 54.7 Å². The quantitative estimate of drug-likeness (QED) is 0.365. The summed E-state index contributed by atoms with van der Waals surface area (Å²) in [5.74, 6) is -0.642. The number of halogens is 1. The first-order valence-electron chi connectivity index (χ1n) is 12.3. The van der Waals surface area contributed by atoms with E-state index in [2.05, 4.69) is 49.4 Å². The van der Waals surface area contributed by atoms with Gasteiger partial charge in [-0.25, -0.2) is 4.98 Å². The van der Waals surface area contributed by atoms with E-state index in [9.17, 15) is 9.18 Å². The van der Waals surface area contributed by atoms with Gasteiger partial charge in [0.05, 0.1) is 12.2 Å². The zero-order valence-corrected chi connectivity index (χ0v) is 19.9. The van der Waals surface area contributed by atoms with Gasteiger partial charge in [-0.15, -0.1) is 0 Å². The molecule has 0 atom stereocenters. The van der Waals surface area contributed by atoms with E-state index < -0.39 is 5.95 Å². The van der Waals surface area contributed by atoms with Crippen molar-refractivity contribution in [1.82, 2.24) is 25.1 Å². The number of pyridine rings is 1. The van der Waals surface area contributed by atoms with Gasteiger partial charge in [0.15, 0.2) is 0 Å². The van der Waals surface area contributed by atoms with Crippen molar-refractivity contribution in [2.75, 3.05) is 39.3 Å². The number of piperazine rings is 1. The summed E-state index contributed by atoms with van der Waals surface area (Å²) in [4.78, 5) is 24.7. The molecule has 2 aliphatic rings. The van der Waals surface area contributed by atoms with Crippen LogP contribution in [0.1, 0.15) is 21.5 Å². The minimum Gasteiger partial charge on any atom is -0.395 e. The van der Waals surface area contributed by atoms with E-state index in [4.69, 9.17) is 5.11 Å². The molecule has 0 unspecified atom stereocenters. The average Bonchev–Trinajstić information content (AvgIpc) is 3.48.